The van der Waals surface area contributed by atoms with E-state index >= 15 is 0 Å². The molecule has 0 unspecified atom stereocenters. The van der Waals surface area contributed by atoms with Crippen LogP contribution in [-0.4, -0.2) is 44.7 Å². The number of Topliss-reactive ketones (excluding diaryl/α,β-unsaturated/α-hetero) is 1. The summed E-state index contributed by atoms with van der Waals surface area (Å²) in [5.74, 6) is -1.32. The molecule has 1 atom stereocenters. The van der Waals surface area contributed by atoms with Crippen LogP contribution in [0.4, 0.5) is 0 Å². The summed E-state index contributed by atoms with van der Waals surface area (Å²) in [5.41, 5.74) is 1.25. The highest BCUT2D eigenvalue weighted by Gasteiger charge is 2.26. The molecular weight excluding hydrogens is 506 g/mol. The Morgan fingerprint density at radius 3 is 2.09 bits per heavy atom. The van der Waals surface area contributed by atoms with Crippen LogP contribution in [0, 0.1) is 0 Å². The smallest absolute Gasteiger partial charge is 0.306 e. The van der Waals surface area contributed by atoms with E-state index in [4.69, 9.17) is 4.74 Å². The Kier molecular flexibility index (Phi) is 8.55. The van der Waals surface area contributed by atoms with Crippen molar-refractivity contribution in [3.8, 4) is 0 Å². The average molecular weight is 530 g/mol. The first kappa shape index (κ1) is 24.8. The number of esters is 1. The molecule has 6 nitrogen and oxygen atoms in total. The SMILES string of the molecule is CN(C[C@H](CC(=O)OCC(=O)c1ccc(Br)cc1)c1ccccc1)S(=O)(=O)c1ccccc1. The Morgan fingerprint density at radius 1 is 0.909 bits per heavy atom. The molecule has 0 saturated carbocycles. The van der Waals surface area contributed by atoms with Gasteiger partial charge in [-0.3, -0.25) is 9.59 Å². The summed E-state index contributed by atoms with van der Waals surface area (Å²) in [6.45, 7) is -0.295. The van der Waals surface area contributed by atoms with Gasteiger partial charge >= 0.3 is 5.97 Å². The highest BCUT2D eigenvalue weighted by molar-refractivity contribution is 9.10. The summed E-state index contributed by atoms with van der Waals surface area (Å²) < 4.78 is 33.2. The maximum Gasteiger partial charge on any atom is 0.306 e. The lowest BCUT2D eigenvalue weighted by Crippen LogP contribution is -2.32. The molecular formula is C25H24BrNO5S. The molecule has 0 aliphatic heterocycles. The lowest BCUT2D eigenvalue weighted by Gasteiger charge is -2.24. The minimum Gasteiger partial charge on any atom is -0.457 e. The van der Waals surface area contributed by atoms with Gasteiger partial charge in [-0.25, -0.2) is 12.7 Å². The Bertz CT molecular complexity index is 1180. The summed E-state index contributed by atoms with van der Waals surface area (Å²) >= 11 is 3.31. The van der Waals surface area contributed by atoms with E-state index in [1.807, 2.05) is 30.3 Å². The van der Waals surface area contributed by atoms with E-state index in [0.717, 1.165) is 10.0 Å². The second kappa shape index (κ2) is 11.4. The largest absolute Gasteiger partial charge is 0.457 e. The maximum absolute atomic E-state index is 12.9. The number of carbonyl (C=O) groups excluding carboxylic acids is 2. The van der Waals surface area contributed by atoms with Gasteiger partial charge in [0, 0.05) is 29.5 Å². The number of benzene rings is 3. The van der Waals surface area contributed by atoms with Gasteiger partial charge in [-0.05, 0) is 29.8 Å². The van der Waals surface area contributed by atoms with Crippen molar-refractivity contribution < 1.29 is 22.7 Å². The number of ether oxygens (including phenoxy) is 1. The number of likely N-dealkylation sites (N-methyl/N-ethyl adjacent to an activating group) is 1. The zero-order valence-corrected chi connectivity index (χ0v) is 20.5. The van der Waals surface area contributed by atoms with Crippen molar-refractivity contribution in [3.63, 3.8) is 0 Å². The highest BCUT2D eigenvalue weighted by Crippen LogP contribution is 2.24. The topological polar surface area (TPSA) is 80.8 Å². The van der Waals surface area contributed by atoms with Crippen LogP contribution in [0.2, 0.25) is 0 Å². The second-order valence-corrected chi connectivity index (χ2v) is 10.5. The molecule has 3 rings (SSSR count). The Balaban J connectivity index is 1.69. The quantitative estimate of drug-likeness (QED) is 0.281. The summed E-state index contributed by atoms with van der Waals surface area (Å²) in [5, 5.41) is 0. The number of nitrogens with zero attached hydrogens (tertiary/aromatic N) is 1. The first-order valence-electron chi connectivity index (χ1n) is 10.3. The average Bonchev–Trinajstić information content (AvgIpc) is 2.83. The van der Waals surface area contributed by atoms with Crippen molar-refractivity contribution >= 4 is 37.7 Å². The Morgan fingerprint density at radius 2 is 1.48 bits per heavy atom. The first-order chi connectivity index (χ1) is 15.8. The summed E-state index contributed by atoms with van der Waals surface area (Å²) in [6, 6.07) is 24.1. The number of rotatable bonds is 10. The fourth-order valence-electron chi connectivity index (χ4n) is 3.32. The fraction of sp³-hybridized carbons (Fsp3) is 0.200. The van der Waals surface area contributed by atoms with Crippen LogP contribution in [0.5, 0.6) is 0 Å². The van der Waals surface area contributed by atoms with Crippen molar-refractivity contribution in [2.24, 2.45) is 0 Å². The third-order valence-corrected chi connectivity index (χ3v) is 7.51. The molecule has 0 saturated heterocycles. The molecule has 0 fully saturated rings. The monoisotopic (exact) mass is 529 g/mol. The molecule has 0 amide bonds. The van der Waals surface area contributed by atoms with E-state index in [2.05, 4.69) is 15.9 Å². The van der Waals surface area contributed by atoms with Crippen LogP contribution in [0.15, 0.2) is 94.3 Å². The highest BCUT2D eigenvalue weighted by atomic mass is 79.9. The molecule has 0 bridgehead atoms. The van der Waals surface area contributed by atoms with Gasteiger partial charge in [-0.1, -0.05) is 76.6 Å². The number of hydrogen-bond donors (Lipinski definition) is 0. The number of ketones is 1. The van der Waals surface area contributed by atoms with Crippen LogP contribution < -0.4 is 0 Å². The van der Waals surface area contributed by atoms with Gasteiger partial charge in [0.2, 0.25) is 10.0 Å². The summed E-state index contributed by atoms with van der Waals surface area (Å²) in [6.07, 6.45) is -0.0632. The summed E-state index contributed by atoms with van der Waals surface area (Å²) in [7, 11) is -2.23. The van der Waals surface area contributed by atoms with Gasteiger partial charge in [0.15, 0.2) is 12.4 Å². The molecule has 0 N–H and O–H groups in total. The third kappa shape index (κ3) is 6.83. The zero-order valence-electron chi connectivity index (χ0n) is 18.1. The molecule has 0 aliphatic carbocycles. The predicted octanol–water partition coefficient (Wildman–Crippen LogP) is 4.67. The minimum absolute atomic E-state index is 0.0632. The lowest BCUT2D eigenvalue weighted by atomic mass is 9.96. The Labute approximate surface area is 202 Å². The van der Waals surface area contributed by atoms with E-state index in [0.29, 0.717) is 5.56 Å². The van der Waals surface area contributed by atoms with Crippen molar-refractivity contribution in [2.45, 2.75) is 17.2 Å². The second-order valence-electron chi connectivity index (χ2n) is 7.50. The molecule has 33 heavy (non-hydrogen) atoms. The lowest BCUT2D eigenvalue weighted by molar-refractivity contribution is -0.143. The molecule has 0 aromatic heterocycles. The number of hydrogen-bond acceptors (Lipinski definition) is 5. The van der Waals surface area contributed by atoms with Gasteiger partial charge in [-0.2, -0.15) is 0 Å². The van der Waals surface area contributed by atoms with Crippen LogP contribution in [0.3, 0.4) is 0 Å². The van der Waals surface area contributed by atoms with Crippen molar-refractivity contribution in [1.82, 2.24) is 4.31 Å². The Hall–Kier alpha value is -2.81. The third-order valence-electron chi connectivity index (χ3n) is 5.14. The van der Waals surface area contributed by atoms with Gasteiger partial charge in [0.05, 0.1) is 11.3 Å². The fourth-order valence-corrected chi connectivity index (χ4v) is 4.82. The standard InChI is InChI=1S/C25H24BrNO5S/c1-27(33(30,31)23-10-6-3-7-11-23)17-21(19-8-4-2-5-9-19)16-25(29)32-18-24(28)20-12-14-22(26)15-13-20/h2-15,21H,16-18H2,1H3/t21-/m0/s1. The van der Waals surface area contributed by atoms with Gasteiger partial charge in [0.25, 0.3) is 0 Å². The van der Waals surface area contributed by atoms with Crippen LogP contribution in [-0.2, 0) is 19.6 Å². The number of sulfonamides is 1. The molecule has 172 valence electrons. The van der Waals surface area contributed by atoms with Crippen molar-refractivity contribution in [1.29, 1.82) is 0 Å². The maximum atomic E-state index is 12.9. The van der Waals surface area contributed by atoms with E-state index in [1.54, 1.807) is 42.5 Å². The predicted molar refractivity (Wildman–Crippen MR) is 129 cm³/mol. The molecule has 8 heteroatoms. The van der Waals surface area contributed by atoms with Gasteiger partial charge < -0.3 is 4.74 Å². The molecule has 3 aromatic carbocycles. The summed E-state index contributed by atoms with van der Waals surface area (Å²) in [4.78, 5) is 25.1. The van der Waals surface area contributed by atoms with E-state index in [-0.39, 0.29) is 30.3 Å². The van der Waals surface area contributed by atoms with Crippen LogP contribution in [0.1, 0.15) is 28.3 Å². The van der Waals surface area contributed by atoms with Crippen LogP contribution >= 0.6 is 15.9 Å². The van der Waals surface area contributed by atoms with Gasteiger partial charge in [-0.15, -0.1) is 0 Å². The zero-order chi connectivity index (χ0) is 23.8. The van der Waals surface area contributed by atoms with Gasteiger partial charge in [0.1, 0.15) is 0 Å². The number of halogens is 1. The van der Waals surface area contributed by atoms with E-state index in [1.165, 1.54) is 23.5 Å². The van der Waals surface area contributed by atoms with E-state index in [9.17, 15) is 18.0 Å². The molecule has 0 aliphatic rings. The minimum atomic E-state index is -3.72. The molecule has 0 spiro atoms. The number of carbonyl (C=O) groups is 2. The van der Waals surface area contributed by atoms with Crippen molar-refractivity contribution in [3.05, 3.63) is 101 Å². The van der Waals surface area contributed by atoms with Crippen LogP contribution in [0.25, 0.3) is 0 Å². The first-order valence-corrected chi connectivity index (χ1v) is 12.5. The molecule has 3 aromatic rings. The van der Waals surface area contributed by atoms with E-state index < -0.39 is 21.9 Å². The normalized spacial score (nSPS) is 12.3. The molecule has 0 heterocycles. The van der Waals surface area contributed by atoms with Crippen molar-refractivity contribution in [2.75, 3.05) is 20.2 Å². The molecule has 0 radical (unpaired) electrons.